The first kappa shape index (κ1) is 11.5. The molecule has 5 heteroatoms. The first-order chi connectivity index (χ1) is 6.56. The summed E-state index contributed by atoms with van der Waals surface area (Å²) in [6.07, 6.45) is -0.291. The van der Waals surface area contributed by atoms with Gasteiger partial charge in [-0.3, -0.25) is 4.68 Å². The lowest BCUT2D eigenvalue weighted by Crippen LogP contribution is -2.14. The quantitative estimate of drug-likeness (QED) is 0.836. The first-order valence-electron chi connectivity index (χ1n) is 4.58. The van der Waals surface area contributed by atoms with E-state index >= 15 is 0 Å². The fraction of sp³-hybridized carbons (Fsp3) is 0.667. The van der Waals surface area contributed by atoms with E-state index in [-0.39, 0.29) is 6.42 Å². The molecule has 0 fully saturated rings. The van der Waals surface area contributed by atoms with Crippen LogP contribution >= 0.6 is 11.6 Å². The van der Waals surface area contributed by atoms with E-state index in [0.717, 1.165) is 11.4 Å². The highest BCUT2D eigenvalue weighted by Crippen LogP contribution is 2.21. The van der Waals surface area contributed by atoms with E-state index in [0.29, 0.717) is 18.0 Å². The Morgan fingerprint density at radius 3 is 2.71 bits per heavy atom. The Morgan fingerprint density at radius 1 is 1.64 bits per heavy atom. The van der Waals surface area contributed by atoms with Gasteiger partial charge in [-0.05, 0) is 19.9 Å². The zero-order chi connectivity index (χ0) is 10.7. The topological polar surface area (TPSA) is 43.8 Å². The molecule has 2 N–H and O–H groups in total. The molecule has 0 amide bonds. The molecule has 0 aliphatic carbocycles. The van der Waals surface area contributed by atoms with E-state index in [2.05, 4.69) is 5.10 Å². The number of alkyl halides is 1. The van der Waals surface area contributed by atoms with Crippen LogP contribution in [-0.2, 0) is 13.5 Å². The van der Waals surface area contributed by atoms with E-state index in [4.69, 9.17) is 17.3 Å². The van der Waals surface area contributed by atoms with Crippen molar-refractivity contribution in [3.05, 3.63) is 16.4 Å². The lowest BCUT2D eigenvalue weighted by Gasteiger charge is -2.07. The van der Waals surface area contributed by atoms with Gasteiger partial charge >= 0.3 is 0 Å². The molecule has 1 rings (SSSR count). The van der Waals surface area contributed by atoms with Crippen LogP contribution in [0.25, 0.3) is 0 Å². The van der Waals surface area contributed by atoms with E-state index in [9.17, 15) is 4.39 Å². The molecule has 0 saturated carbocycles. The molecule has 3 nitrogen and oxygen atoms in total. The smallest absolute Gasteiger partial charge is 0.107 e. The van der Waals surface area contributed by atoms with Crippen LogP contribution in [0.4, 0.5) is 4.39 Å². The largest absolute Gasteiger partial charge is 0.330 e. The van der Waals surface area contributed by atoms with Crippen LogP contribution < -0.4 is 5.73 Å². The fourth-order valence-corrected chi connectivity index (χ4v) is 1.63. The monoisotopic (exact) mass is 219 g/mol. The SMILES string of the molecule is Cc1nn(C)c(CC(F)CCN)c1Cl. The highest BCUT2D eigenvalue weighted by atomic mass is 35.5. The van der Waals surface area contributed by atoms with Crippen molar-refractivity contribution in [1.82, 2.24) is 9.78 Å². The fourth-order valence-electron chi connectivity index (χ4n) is 1.39. The van der Waals surface area contributed by atoms with Gasteiger partial charge in [-0.25, -0.2) is 4.39 Å². The lowest BCUT2D eigenvalue weighted by molar-refractivity contribution is 0.311. The third-order valence-corrected chi connectivity index (χ3v) is 2.65. The molecule has 1 unspecified atom stereocenters. The molecular weight excluding hydrogens is 205 g/mol. The van der Waals surface area contributed by atoms with Crippen molar-refractivity contribution in [1.29, 1.82) is 0 Å². The van der Waals surface area contributed by atoms with Crippen LogP contribution in [0.1, 0.15) is 17.8 Å². The molecule has 0 bridgehead atoms. The summed E-state index contributed by atoms with van der Waals surface area (Å²) in [5.74, 6) is 0. The van der Waals surface area contributed by atoms with Crippen molar-refractivity contribution in [3.8, 4) is 0 Å². The number of rotatable bonds is 4. The highest BCUT2D eigenvalue weighted by Gasteiger charge is 2.15. The second kappa shape index (κ2) is 4.75. The van der Waals surface area contributed by atoms with Crippen molar-refractivity contribution in [2.75, 3.05) is 6.54 Å². The Balaban J connectivity index is 2.75. The van der Waals surface area contributed by atoms with Crippen LogP contribution in [-0.4, -0.2) is 22.5 Å². The van der Waals surface area contributed by atoms with Crippen LogP contribution in [0.3, 0.4) is 0 Å². The van der Waals surface area contributed by atoms with Gasteiger partial charge in [-0.2, -0.15) is 5.10 Å². The van der Waals surface area contributed by atoms with Gasteiger partial charge in [-0.15, -0.1) is 0 Å². The molecule has 1 atom stereocenters. The molecule has 1 heterocycles. The molecule has 0 saturated heterocycles. The highest BCUT2D eigenvalue weighted by molar-refractivity contribution is 6.31. The average Bonchev–Trinajstić information content (AvgIpc) is 2.33. The second-order valence-corrected chi connectivity index (χ2v) is 3.73. The molecule has 80 valence electrons. The Hall–Kier alpha value is -0.610. The van der Waals surface area contributed by atoms with Gasteiger partial charge in [0.05, 0.1) is 16.4 Å². The average molecular weight is 220 g/mol. The number of hydrogen-bond acceptors (Lipinski definition) is 2. The molecule has 1 aromatic heterocycles. The summed E-state index contributed by atoms with van der Waals surface area (Å²) < 4.78 is 14.9. The van der Waals surface area contributed by atoms with Crippen molar-refractivity contribution in [3.63, 3.8) is 0 Å². The van der Waals surface area contributed by atoms with Gasteiger partial charge in [0.2, 0.25) is 0 Å². The first-order valence-corrected chi connectivity index (χ1v) is 4.96. The predicted molar refractivity (Wildman–Crippen MR) is 55.2 cm³/mol. The molecule has 1 aromatic rings. The molecule has 0 aliphatic rings. The number of nitrogens with zero attached hydrogens (tertiary/aromatic N) is 2. The molecule has 0 aromatic carbocycles. The van der Waals surface area contributed by atoms with Crippen molar-refractivity contribution >= 4 is 11.6 Å². The summed E-state index contributed by atoms with van der Waals surface area (Å²) in [6.45, 7) is 2.16. The van der Waals surface area contributed by atoms with Gasteiger partial charge in [-0.1, -0.05) is 11.6 Å². The minimum atomic E-state index is -0.938. The maximum Gasteiger partial charge on any atom is 0.107 e. The molecule has 14 heavy (non-hydrogen) atoms. The summed E-state index contributed by atoms with van der Waals surface area (Å²) in [7, 11) is 1.77. The van der Waals surface area contributed by atoms with Gasteiger partial charge in [0.1, 0.15) is 6.17 Å². The van der Waals surface area contributed by atoms with Crippen LogP contribution in [0.2, 0.25) is 5.02 Å². The number of hydrogen-bond donors (Lipinski definition) is 1. The van der Waals surface area contributed by atoms with Crippen molar-refractivity contribution in [2.24, 2.45) is 12.8 Å². The summed E-state index contributed by atoms with van der Waals surface area (Å²) >= 11 is 5.98. The van der Waals surface area contributed by atoms with E-state index in [1.165, 1.54) is 0 Å². The molecule has 0 spiro atoms. The van der Waals surface area contributed by atoms with Crippen LogP contribution in [0.15, 0.2) is 0 Å². The number of halogens is 2. The third kappa shape index (κ3) is 2.45. The second-order valence-electron chi connectivity index (χ2n) is 3.35. The minimum absolute atomic E-state index is 0.285. The molecule has 0 aliphatic heterocycles. The van der Waals surface area contributed by atoms with Gasteiger partial charge < -0.3 is 5.73 Å². The van der Waals surface area contributed by atoms with E-state index < -0.39 is 6.17 Å². The predicted octanol–water partition coefficient (Wildman–Crippen LogP) is 1.61. The number of nitrogens with two attached hydrogens (primary N) is 1. The molecule has 0 radical (unpaired) electrons. The van der Waals surface area contributed by atoms with Gasteiger partial charge in [0, 0.05) is 13.5 Å². The molecular formula is C9H15ClFN3. The van der Waals surface area contributed by atoms with E-state index in [1.54, 1.807) is 11.7 Å². The zero-order valence-corrected chi connectivity index (χ0v) is 9.18. The Labute approximate surface area is 88.0 Å². The summed E-state index contributed by atoms with van der Waals surface area (Å²) in [5.41, 5.74) is 6.75. The summed E-state index contributed by atoms with van der Waals surface area (Å²) in [6, 6.07) is 0. The Kier molecular flexibility index (Phi) is 3.89. The minimum Gasteiger partial charge on any atom is -0.330 e. The standard InChI is InChI=1S/C9H15ClFN3/c1-6-9(10)8(14(2)13-6)5-7(11)3-4-12/h7H,3-5,12H2,1-2H3. The maximum absolute atomic E-state index is 13.3. The van der Waals surface area contributed by atoms with Crippen molar-refractivity contribution in [2.45, 2.75) is 25.9 Å². The zero-order valence-electron chi connectivity index (χ0n) is 8.43. The number of aryl methyl sites for hydroxylation is 2. The Morgan fingerprint density at radius 2 is 2.29 bits per heavy atom. The summed E-state index contributed by atoms with van der Waals surface area (Å²) in [4.78, 5) is 0. The van der Waals surface area contributed by atoms with Crippen molar-refractivity contribution < 1.29 is 4.39 Å². The third-order valence-electron chi connectivity index (χ3n) is 2.16. The number of aromatic nitrogens is 2. The van der Waals surface area contributed by atoms with E-state index in [1.807, 2.05) is 6.92 Å². The van der Waals surface area contributed by atoms with Gasteiger partial charge in [0.15, 0.2) is 0 Å². The lowest BCUT2D eigenvalue weighted by atomic mass is 10.1. The normalized spacial score (nSPS) is 13.2. The van der Waals surface area contributed by atoms with Gasteiger partial charge in [0.25, 0.3) is 0 Å². The van der Waals surface area contributed by atoms with Crippen LogP contribution in [0, 0.1) is 6.92 Å². The maximum atomic E-state index is 13.3. The van der Waals surface area contributed by atoms with Crippen LogP contribution in [0.5, 0.6) is 0 Å². The Bertz CT molecular complexity index is 311. The summed E-state index contributed by atoms with van der Waals surface area (Å²) in [5, 5.41) is 4.67.